The van der Waals surface area contributed by atoms with E-state index in [4.69, 9.17) is 5.11 Å². The molecule has 1 aromatic carbocycles. The summed E-state index contributed by atoms with van der Waals surface area (Å²) in [5.41, 5.74) is 2.19. The number of pyridine rings is 1. The smallest absolute Gasteiger partial charge is 0.337 e. The lowest BCUT2D eigenvalue weighted by molar-refractivity contribution is 0.0590. The standard InChI is InChI=1S/C22H26N2O3/c1-16-19(22(26)27)13-14-20(23-16)21(25)24-15-6-5-11-18(24)12-7-10-17-8-3-2-4-9-17/h2-4,8-9,13-14,18H,5-7,10-12,15H2,1H3,(H,26,27). The van der Waals surface area contributed by atoms with Gasteiger partial charge in [0.05, 0.1) is 11.3 Å². The summed E-state index contributed by atoms with van der Waals surface area (Å²) in [4.78, 5) is 30.4. The van der Waals surface area contributed by atoms with E-state index >= 15 is 0 Å². The quantitative estimate of drug-likeness (QED) is 0.835. The maximum atomic E-state index is 13.0. The number of rotatable bonds is 6. The molecule has 27 heavy (non-hydrogen) atoms. The summed E-state index contributed by atoms with van der Waals surface area (Å²) in [5, 5.41) is 9.14. The molecule has 0 aliphatic carbocycles. The second-order valence-corrected chi connectivity index (χ2v) is 7.16. The molecule has 5 nitrogen and oxygen atoms in total. The minimum Gasteiger partial charge on any atom is -0.478 e. The Labute approximate surface area is 160 Å². The van der Waals surface area contributed by atoms with Crippen molar-refractivity contribution in [1.29, 1.82) is 0 Å². The Morgan fingerprint density at radius 2 is 1.93 bits per heavy atom. The average Bonchev–Trinajstić information content (AvgIpc) is 2.68. The van der Waals surface area contributed by atoms with Crippen LogP contribution in [-0.2, 0) is 6.42 Å². The topological polar surface area (TPSA) is 70.5 Å². The average molecular weight is 366 g/mol. The van der Waals surface area contributed by atoms with Gasteiger partial charge in [0.1, 0.15) is 5.69 Å². The van der Waals surface area contributed by atoms with Crippen LogP contribution in [0.25, 0.3) is 0 Å². The van der Waals surface area contributed by atoms with Crippen molar-refractivity contribution in [2.75, 3.05) is 6.54 Å². The molecule has 0 radical (unpaired) electrons. The molecule has 1 aromatic heterocycles. The summed E-state index contributed by atoms with van der Waals surface area (Å²) in [6, 6.07) is 13.7. The largest absolute Gasteiger partial charge is 0.478 e. The summed E-state index contributed by atoms with van der Waals surface area (Å²) in [5.74, 6) is -1.10. The zero-order valence-corrected chi connectivity index (χ0v) is 15.7. The van der Waals surface area contributed by atoms with E-state index in [1.54, 1.807) is 6.92 Å². The summed E-state index contributed by atoms with van der Waals surface area (Å²) < 4.78 is 0. The Morgan fingerprint density at radius 3 is 2.63 bits per heavy atom. The molecule has 1 unspecified atom stereocenters. The molecule has 0 saturated carbocycles. The third-order valence-corrected chi connectivity index (χ3v) is 5.27. The van der Waals surface area contributed by atoms with Crippen molar-refractivity contribution in [3.8, 4) is 0 Å². The molecule has 5 heteroatoms. The first-order chi connectivity index (χ1) is 13.1. The Morgan fingerprint density at radius 1 is 1.15 bits per heavy atom. The number of carboxylic acid groups (broad SMARTS) is 1. The molecular weight excluding hydrogens is 340 g/mol. The SMILES string of the molecule is Cc1nc(C(=O)N2CCCCC2CCCc2ccccc2)ccc1C(=O)O. The van der Waals surface area contributed by atoms with Crippen LogP contribution in [0.15, 0.2) is 42.5 Å². The van der Waals surface area contributed by atoms with Gasteiger partial charge in [0.2, 0.25) is 0 Å². The number of benzene rings is 1. The summed E-state index contributed by atoms with van der Waals surface area (Å²) >= 11 is 0. The summed E-state index contributed by atoms with van der Waals surface area (Å²) in [6.45, 7) is 2.38. The number of amides is 1. The van der Waals surface area contributed by atoms with Crippen molar-refractivity contribution < 1.29 is 14.7 Å². The fourth-order valence-corrected chi connectivity index (χ4v) is 3.81. The van der Waals surface area contributed by atoms with E-state index in [-0.39, 0.29) is 17.5 Å². The van der Waals surface area contributed by atoms with Crippen LogP contribution in [0.2, 0.25) is 0 Å². The van der Waals surface area contributed by atoms with Crippen LogP contribution in [0.4, 0.5) is 0 Å². The number of piperidine rings is 1. The second-order valence-electron chi connectivity index (χ2n) is 7.16. The van der Waals surface area contributed by atoms with Gasteiger partial charge in [-0.3, -0.25) is 4.79 Å². The highest BCUT2D eigenvalue weighted by Crippen LogP contribution is 2.24. The zero-order valence-electron chi connectivity index (χ0n) is 15.7. The maximum Gasteiger partial charge on any atom is 0.337 e. The Bertz CT molecular complexity index is 804. The molecule has 1 amide bonds. The number of aromatic nitrogens is 1. The molecule has 142 valence electrons. The van der Waals surface area contributed by atoms with Gasteiger partial charge in [0.15, 0.2) is 0 Å². The van der Waals surface area contributed by atoms with Gasteiger partial charge in [0, 0.05) is 12.6 Å². The third kappa shape index (κ3) is 4.73. The van der Waals surface area contributed by atoms with E-state index in [1.165, 1.54) is 17.7 Å². The molecule has 0 spiro atoms. The predicted octanol–water partition coefficient (Wildman–Crippen LogP) is 4.11. The van der Waals surface area contributed by atoms with Crippen molar-refractivity contribution in [3.05, 3.63) is 65.0 Å². The second kappa shape index (κ2) is 8.80. The number of aryl methyl sites for hydroxylation is 2. The molecule has 1 aliphatic rings. The fraction of sp³-hybridized carbons (Fsp3) is 0.409. The number of hydrogen-bond acceptors (Lipinski definition) is 3. The highest BCUT2D eigenvalue weighted by Gasteiger charge is 2.28. The first-order valence-electron chi connectivity index (χ1n) is 9.62. The lowest BCUT2D eigenvalue weighted by Crippen LogP contribution is -2.44. The van der Waals surface area contributed by atoms with Gasteiger partial charge in [-0.2, -0.15) is 0 Å². The van der Waals surface area contributed by atoms with Gasteiger partial charge < -0.3 is 10.0 Å². The van der Waals surface area contributed by atoms with Crippen LogP contribution in [0.3, 0.4) is 0 Å². The number of hydrogen-bond donors (Lipinski definition) is 1. The highest BCUT2D eigenvalue weighted by atomic mass is 16.4. The third-order valence-electron chi connectivity index (χ3n) is 5.27. The molecule has 1 aliphatic heterocycles. The monoisotopic (exact) mass is 366 g/mol. The fourth-order valence-electron chi connectivity index (χ4n) is 3.81. The molecule has 0 bridgehead atoms. The van der Waals surface area contributed by atoms with E-state index in [0.717, 1.165) is 45.1 Å². The molecule has 2 heterocycles. The number of carboxylic acids is 1. The van der Waals surface area contributed by atoms with E-state index < -0.39 is 5.97 Å². The molecule has 1 atom stereocenters. The van der Waals surface area contributed by atoms with Gasteiger partial charge in [-0.25, -0.2) is 9.78 Å². The van der Waals surface area contributed by atoms with Crippen molar-refractivity contribution >= 4 is 11.9 Å². The minimum absolute atomic E-state index is 0.0838. The van der Waals surface area contributed by atoms with Gasteiger partial charge in [-0.05, 0) is 63.1 Å². The number of carbonyl (C=O) groups is 2. The van der Waals surface area contributed by atoms with Crippen LogP contribution >= 0.6 is 0 Å². The molecule has 3 rings (SSSR count). The normalized spacial score (nSPS) is 16.9. The Hall–Kier alpha value is -2.69. The summed E-state index contributed by atoms with van der Waals surface area (Å²) in [7, 11) is 0. The van der Waals surface area contributed by atoms with Crippen LogP contribution in [0, 0.1) is 6.92 Å². The van der Waals surface area contributed by atoms with Crippen molar-refractivity contribution in [2.45, 2.75) is 51.5 Å². The molecule has 1 fully saturated rings. The number of carbonyl (C=O) groups excluding carboxylic acids is 1. The highest BCUT2D eigenvalue weighted by molar-refractivity contribution is 5.94. The van der Waals surface area contributed by atoms with E-state index in [1.807, 2.05) is 11.0 Å². The predicted molar refractivity (Wildman–Crippen MR) is 104 cm³/mol. The molecule has 2 aromatic rings. The van der Waals surface area contributed by atoms with Crippen LogP contribution < -0.4 is 0 Å². The van der Waals surface area contributed by atoms with Crippen molar-refractivity contribution in [1.82, 2.24) is 9.88 Å². The summed E-state index contributed by atoms with van der Waals surface area (Å²) in [6.07, 6.45) is 6.21. The Kier molecular flexibility index (Phi) is 6.22. The number of aromatic carboxylic acids is 1. The van der Waals surface area contributed by atoms with Crippen LogP contribution in [-0.4, -0.2) is 39.5 Å². The van der Waals surface area contributed by atoms with Gasteiger partial charge in [-0.15, -0.1) is 0 Å². The Balaban J connectivity index is 1.66. The number of likely N-dealkylation sites (tertiary alicyclic amines) is 1. The van der Waals surface area contributed by atoms with Crippen LogP contribution in [0.5, 0.6) is 0 Å². The first kappa shape index (κ1) is 19.1. The van der Waals surface area contributed by atoms with Crippen molar-refractivity contribution in [2.24, 2.45) is 0 Å². The van der Waals surface area contributed by atoms with Gasteiger partial charge in [-0.1, -0.05) is 30.3 Å². The molecule has 1 N–H and O–H groups in total. The van der Waals surface area contributed by atoms with E-state index in [2.05, 4.69) is 29.2 Å². The minimum atomic E-state index is -1.02. The van der Waals surface area contributed by atoms with E-state index in [9.17, 15) is 9.59 Å². The van der Waals surface area contributed by atoms with Crippen molar-refractivity contribution in [3.63, 3.8) is 0 Å². The van der Waals surface area contributed by atoms with E-state index in [0.29, 0.717) is 11.4 Å². The maximum absolute atomic E-state index is 13.0. The van der Waals surface area contributed by atoms with Gasteiger partial charge >= 0.3 is 5.97 Å². The first-order valence-corrected chi connectivity index (χ1v) is 9.62. The molecular formula is C22H26N2O3. The zero-order chi connectivity index (χ0) is 19.2. The lowest BCUT2D eigenvalue weighted by atomic mass is 9.95. The molecule has 1 saturated heterocycles. The van der Waals surface area contributed by atoms with Crippen LogP contribution in [0.1, 0.15) is 64.2 Å². The number of nitrogens with zero attached hydrogens (tertiary/aromatic N) is 2. The lowest BCUT2D eigenvalue weighted by Gasteiger charge is -2.35. The van der Waals surface area contributed by atoms with Gasteiger partial charge in [0.25, 0.3) is 5.91 Å².